The zero-order valence-electron chi connectivity index (χ0n) is 10.0. The fourth-order valence-corrected chi connectivity index (χ4v) is 2.31. The predicted octanol–water partition coefficient (Wildman–Crippen LogP) is 1.06. The van der Waals surface area contributed by atoms with Crippen molar-refractivity contribution in [2.75, 3.05) is 33.2 Å². The van der Waals surface area contributed by atoms with Crippen molar-refractivity contribution in [2.45, 2.75) is 6.04 Å². The molecular formula is C13H18N2O2. The Hall–Kier alpha value is -1.39. The number of carbonyl (C=O) groups is 1. The molecule has 1 aromatic rings. The number of hydrogen-bond acceptors (Lipinski definition) is 3. The van der Waals surface area contributed by atoms with Crippen molar-refractivity contribution >= 4 is 5.97 Å². The van der Waals surface area contributed by atoms with E-state index in [1.54, 1.807) is 0 Å². The molecule has 4 nitrogen and oxygen atoms in total. The van der Waals surface area contributed by atoms with Crippen LogP contribution in [-0.4, -0.2) is 54.1 Å². The number of aliphatic carboxylic acids is 1. The summed E-state index contributed by atoms with van der Waals surface area (Å²) >= 11 is 0. The lowest BCUT2D eigenvalue weighted by molar-refractivity contribution is -0.139. The van der Waals surface area contributed by atoms with E-state index in [1.165, 1.54) is 5.56 Å². The van der Waals surface area contributed by atoms with Gasteiger partial charge in [-0.15, -0.1) is 0 Å². The number of rotatable bonds is 3. The molecule has 17 heavy (non-hydrogen) atoms. The number of carboxylic acids is 1. The van der Waals surface area contributed by atoms with Crippen LogP contribution in [0.25, 0.3) is 0 Å². The van der Waals surface area contributed by atoms with Gasteiger partial charge in [0.2, 0.25) is 0 Å². The van der Waals surface area contributed by atoms with Gasteiger partial charge in [0.25, 0.3) is 0 Å². The first-order chi connectivity index (χ1) is 8.16. The van der Waals surface area contributed by atoms with Gasteiger partial charge in [-0.3, -0.25) is 9.69 Å². The summed E-state index contributed by atoms with van der Waals surface area (Å²) in [5.41, 5.74) is 1.19. The van der Waals surface area contributed by atoms with Gasteiger partial charge in [0, 0.05) is 25.7 Å². The van der Waals surface area contributed by atoms with Crippen molar-refractivity contribution in [1.82, 2.24) is 9.80 Å². The lowest BCUT2D eigenvalue weighted by atomic mass is 10.0. The summed E-state index contributed by atoms with van der Waals surface area (Å²) in [5, 5.41) is 8.94. The highest BCUT2D eigenvalue weighted by Crippen LogP contribution is 2.24. The molecule has 0 spiro atoms. The van der Waals surface area contributed by atoms with Crippen LogP contribution in [0.2, 0.25) is 0 Å². The van der Waals surface area contributed by atoms with Crippen molar-refractivity contribution in [3.05, 3.63) is 35.9 Å². The van der Waals surface area contributed by atoms with Gasteiger partial charge in [-0.05, 0) is 12.6 Å². The van der Waals surface area contributed by atoms with E-state index < -0.39 is 5.97 Å². The average Bonchev–Trinajstić information content (AvgIpc) is 2.32. The third kappa shape index (κ3) is 3.05. The van der Waals surface area contributed by atoms with Crippen molar-refractivity contribution < 1.29 is 9.90 Å². The van der Waals surface area contributed by atoms with E-state index in [2.05, 4.69) is 24.1 Å². The Labute approximate surface area is 101 Å². The molecule has 1 fully saturated rings. The Morgan fingerprint density at radius 2 is 2.06 bits per heavy atom. The van der Waals surface area contributed by atoms with Crippen molar-refractivity contribution in [1.29, 1.82) is 0 Å². The topological polar surface area (TPSA) is 43.8 Å². The fraction of sp³-hybridized carbons (Fsp3) is 0.462. The molecule has 1 saturated heterocycles. The number of piperazine rings is 1. The van der Waals surface area contributed by atoms with Gasteiger partial charge in [0.1, 0.15) is 0 Å². The lowest BCUT2D eigenvalue weighted by Gasteiger charge is -2.39. The van der Waals surface area contributed by atoms with Crippen LogP contribution >= 0.6 is 0 Å². The molecule has 0 radical (unpaired) electrons. The molecule has 1 atom stereocenters. The van der Waals surface area contributed by atoms with Gasteiger partial charge >= 0.3 is 5.97 Å². The van der Waals surface area contributed by atoms with Gasteiger partial charge in [-0.25, -0.2) is 0 Å². The molecule has 92 valence electrons. The summed E-state index contributed by atoms with van der Waals surface area (Å²) in [6.07, 6.45) is 0. The number of benzene rings is 1. The van der Waals surface area contributed by atoms with Gasteiger partial charge < -0.3 is 10.0 Å². The zero-order chi connectivity index (χ0) is 12.3. The molecule has 0 aliphatic carbocycles. The molecule has 0 amide bonds. The highest BCUT2D eigenvalue weighted by atomic mass is 16.4. The van der Waals surface area contributed by atoms with Gasteiger partial charge in [0.15, 0.2) is 0 Å². The number of carboxylic acid groups (broad SMARTS) is 1. The van der Waals surface area contributed by atoms with Crippen LogP contribution in [0.3, 0.4) is 0 Å². The Kier molecular flexibility index (Phi) is 3.76. The molecule has 1 heterocycles. The number of hydrogen-bond donors (Lipinski definition) is 1. The van der Waals surface area contributed by atoms with Crippen LogP contribution in [0, 0.1) is 0 Å². The fourth-order valence-electron chi connectivity index (χ4n) is 2.31. The van der Waals surface area contributed by atoms with Gasteiger partial charge in [-0.2, -0.15) is 0 Å². The Bertz CT molecular complexity index is 380. The molecule has 1 aliphatic rings. The second-order valence-corrected chi connectivity index (χ2v) is 4.55. The van der Waals surface area contributed by atoms with E-state index in [4.69, 9.17) is 5.11 Å². The van der Waals surface area contributed by atoms with Crippen LogP contribution in [0.15, 0.2) is 30.3 Å². The summed E-state index contributed by atoms with van der Waals surface area (Å²) in [5.74, 6) is -0.754. The molecule has 2 rings (SSSR count). The van der Waals surface area contributed by atoms with Crippen LogP contribution in [0.4, 0.5) is 0 Å². The highest BCUT2D eigenvalue weighted by Gasteiger charge is 2.27. The van der Waals surface area contributed by atoms with Crippen LogP contribution in [-0.2, 0) is 4.79 Å². The summed E-state index contributed by atoms with van der Waals surface area (Å²) in [6.45, 7) is 2.74. The molecule has 4 heteroatoms. The minimum atomic E-state index is -0.754. The third-order valence-corrected chi connectivity index (χ3v) is 3.22. The van der Waals surface area contributed by atoms with E-state index in [9.17, 15) is 4.79 Å². The number of likely N-dealkylation sites (N-methyl/N-ethyl adjacent to an activating group) is 1. The van der Waals surface area contributed by atoms with Gasteiger partial charge in [-0.1, -0.05) is 30.3 Å². The molecular weight excluding hydrogens is 216 g/mol. The first-order valence-corrected chi connectivity index (χ1v) is 5.86. The van der Waals surface area contributed by atoms with Crippen LogP contribution in [0.1, 0.15) is 11.6 Å². The lowest BCUT2D eigenvalue weighted by Crippen LogP contribution is -2.48. The standard InChI is InChI=1S/C13H18N2O2/c1-14-7-8-15(10-13(16)17)12(9-14)11-5-3-2-4-6-11/h2-6,12H,7-10H2,1H3,(H,16,17)/t12-/m1/s1. The normalized spacial score (nSPS) is 22.5. The van der Waals surface area contributed by atoms with Crippen molar-refractivity contribution in [3.8, 4) is 0 Å². The second kappa shape index (κ2) is 5.29. The number of nitrogens with zero attached hydrogens (tertiary/aromatic N) is 2. The average molecular weight is 234 g/mol. The largest absolute Gasteiger partial charge is 0.480 e. The molecule has 0 aromatic heterocycles. The molecule has 1 aliphatic heterocycles. The SMILES string of the molecule is CN1CCN(CC(=O)O)[C@@H](c2ccccc2)C1. The molecule has 1 N–H and O–H groups in total. The summed E-state index contributed by atoms with van der Waals surface area (Å²) in [6, 6.07) is 10.3. The zero-order valence-corrected chi connectivity index (χ0v) is 10.0. The van der Waals surface area contributed by atoms with E-state index in [-0.39, 0.29) is 12.6 Å². The third-order valence-electron chi connectivity index (χ3n) is 3.22. The molecule has 0 unspecified atom stereocenters. The van der Waals surface area contributed by atoms with Crippen LogP contribution in [0.5, 0.6) is 0 Å². The summed E-state index contributed by atoms with van der Waals surface area (Å²) < 4.78 is 0. The van der Waals surface area contributed by atoms with E-state index >= 15 is 0 Å². The molecule has 0 bridgehead atoms. The minimum Gasteiger partial charge on any atom is -0.480 e. The quantitative estimate of drug-likeness (QED) is 0.849. The Balaban J connectivity index is 2.17. The Morgan fingerprint density at radius 1 is 1.35 bits per heavy atom. The Morgan fingerprint density at radius 3 is 2.71 bits per heavy atom. The monoisotopic (exact) mass is 234 g/mol. The molecule has 1 aromatic carbocycles. The van der Waals surface area contributed by atoms with Crippen molar-refractivity contribution in [2.24, 2.45) is 0 Å². The smallest absolute Gasteiger partial charge is 0.317 e. The van der Waals surface area contributed by atoms with E-state index in [0.29, 0.717) is 0 Å². The molecule has 0 saturated carbocycles. The summed E-state index contributed by atoms with van der Waals surface area (Å²) in [4.78, 5) is 15.2. The van der Waals surface area contributed by atoms with Crippen LogP contribution < -0.4 is 0 Å². The first kappa shape index (κ1) is 12.1. The highest BCUT2D eigenvalue weighted by molar-refractivity contribution is 5.69. The predicted molar refractivity (Wildman–Crippen MR) is 65.9 cm³/mol. The van der Waals surface area contributed by atoms with Crippen molar-refractivity contribution in [3.63, 3.8) is 0 Å². The first-order valence-electron chi connectivity index (χ1n) is 5.86. The maximum absolute atomic E-state index is 10.9. The van der Waals surface area contributed by atoms with Gasteiger partial charge in [0.05, 0.1) is 6.54 Å². The maximum atomic E-state index is 10.9. The van der Waals surface area contributed by atoms with E-state index in [1.807, 2.05) is 23.1 Å². The summed E-state index contributed by atoms with van der Waals surface area (Å²) in [7, 11) is 2.08. The minimum absolute atomic E-state index is 0.118. The maximum Gasteiger partial charge on any atom is 0.317 e. The van der Waals surface area contributed by atoms with E-state index in [0.717, 1.165) is 19.6 Å². The second-order valence-electron chi connectivity index (χ2n) is 4.55.